The number of ether oxygens (including phenoxy) is 4. The van der Waals surface area contributed by atoms with Crippen LogP contribution in [0.4, 0.5) is 9.59 Å². The Morgan fingerprint density at radius 3 is 1.41 bits per heavy atom. The Morgan fingerprint density at radius 2 is 1.11 bits per heavy atom. The van der Waals surface area contributed by atoms with Crippen LogP contribution in [0.3, 0.4) is 0 Å². The van der Waals surface area contributed by atoms with Crippen LogP contribution in [0.5, 0.6) is 11.5 Å². The van der Waals surface area contributed by atoms with Gasteiger partial charge in [0.25, 0.3) is 0 Å². The Bertz CT molecular complexity index is 784. The van der Waals surface area contributed by atoms with E-state index in [1.807, 2.05) is 38.1 Å². The first-order valence-corrected chi connectivity index (χ1v) is 8.43. The molecule has 0 heterocycles. The lowest BCUT2D eigenvalue weighted by molar-refractivity contribution is 0.120. The molecular formula is C21H24O6. The molecule has 0 spiro atoms. The number of carbonyl (C=O) groups is 2. The lowest BCUT2D eigenvalue weighted by atomic mass is 9.77. The van der Waals surface area contributed by atoms with Gasteiger partial charge >= 0.3 is 12.3 Å². The average molecular weight is 372 g/mol. The first-order chi connectivity index (χ1) is 12.7. The van der Waals surface area contributed by atoms with Crippen molar-refractivity contribution < 1.29 is 28.5 Å². The smallest absolute Gasteiger partial charge is 0.437 e. The Morgan fingerprint density at radius 1 is 0.741 bits per heavy atom. The zero-order valence-electron chi connectivity index (χ0n) is 16.4. The highest BCUT2D eigenvalue weighted by Gasteiger charge is 2.25. The van der Waals surface area contributed by atoms with Crippen LogP contribution in [0.2, 0.25) is 0 Å². The van der Waals surface area contributed by atoms with E-state index in [0.717, 1.165) is 22.3 Å². The van der Waals surface area contributed by atoms with E-state index in [2.05, 4.69) is 23.3 Å². The first kappa shape index (κ1) is 20.3. The summed E-state index contributed by atoms with van der Waals surface area (Å²) in [6.07, 6.45) is -1.50. The van der Waals surface area contributed by atoms with Gasteiger partial charge in [0.05, 0.1) is 14.2 Å². The van der Waals surface area contributed by atoms with Crippen LogP contribution in [0.15, 0.2) is 36.4 Å². The molecule has 0 N–H and O–H groups in total. The van der Waals surface area contributed by atoms with E-state index in [0.29, 0.717) is 11.5 Å². The van der Waals surface area contributed by atoms with Gasteiger partial charge in [-0.3, -0.25) is 0 Å². The number of hydrogen-bond donors (Lipinski definition) is 0. The van der Waals surface area contributed by atoms with E-state index in [1.54, 1.807) is 12.1 Å². The summed E-state index contributed by atoms with van der Waals surface area (Å²) in [7, 11) is 2.54. The van der Waals surface area contributed by atoms with Gasteiger partial charge in [-0.1, -0.05) is 38.1 Å². The van der Waals surface area contributed by atoms with E-state index in [4.69, 9.17) is 9.47 Å². The molecule has 0 amide bonds. The summed E-state index contributed by atoms with van der Waals surface area (Å²) < 4.78 is 19.3. The van der Waals surface area contributed by atoms with Gasteiger partial charge in [-0.15, -0.1) is 0 Å². The topological polar surface area (TPSA) is 71.1 Å². The molecule has 0 aliphatic heterocycles. The molecule has 0 radical (unpaired) electrons. The molecule has 0 atom stereocenters. The summed E-state index contributed by atoms with van der Waals surface area (Å²) in [5.41, 5.74) is 3.45. The molecule has 144 valence electrons. The number of benzene rings is 2. The zero-order chi connectivity index (χ0) is 20.2. The maximum absolute atomic E-state index is 11.3. The molecule has 0 saturated heterocycles. The molecular weight excluding hydrogens is 348 g/mol. The summed E-state index contributed by atoms with van der Waals surface area (Å²) in [5.74, 6) is 0.916. The molecule has 0 fully saturated rings. The highest BCUT2D eigenvalue weighted by atomic mass is 16.7. The van der Waals surface area contributed by atoms with Gasteiger partial charge in [0.15, 0.2) is 0 Å². The van der Waals surface area contributed by atoms with Crippen LogP contribution in [0.25, 0.3) is 0 Å². The van der Waals surface area contributed by atoms with Gasteiger partial charge in [0, 0.05) is 5.41 Å². The van der Waals surface area contributed by atoms with Crippen molar-refractivity contribution in [2.45, 2.75) is 33.1 Å². The van der Waals surface area contributed by atoms with Crippen LogP contribution >= 0.6 is 0 Å². The second kappa shape index (κ2) is 8.12. The van der Waals surface area contributed by atoms with Crippen LogP contribution in [-0.2, 0) is 14.9 Å². The lowest BCUT2D eigenvalue weighted by Gasteiger charge is -2.27. The van der Waals surface area contributed by atoms with Crippen molar-refractivity contribution >= 4 is 12.3 Å². The number of aryl methyl sites for hydroxylation is 2. The molecule has 0 aromatic heterocycles. The van der Waals surface area contributed by atoms with Gasteiger partial charge in [-0.25, -0.2) is 9.59 Å². The van der Waals surface area contributed by atoms with Gasteiger partial charge in [0.1, 0.15) is 11.5 Å². The van der Waals surface area contributed by atoms with E-state index < -0.39 is 12.3 Å². The summed E-state index contributed by atoms with van der Waals surface area (Å²) >= 11 is 0. The van der Waals surface area contributed by atoms with Crippen LogP contribution in [0.1, 0.15) is 36.1 Å². The number of rotatable bonds is 4. The molecule has 0 bridgehead atoms. The van der Waals surface area contributed by atoms with Gasteiger partial charge in [0.2, 0.25) is 0 Å². The fourth-order valence-electron chi connectivity index (χ4n) is 2.73. The summed E-state index contributed by atoms with van der Waals surface area (Å²) in [6.45, 7) is 7.93. The third kappa shape index (κ3) is 4.58. The molecule has 0 unspecified atom stereocenters. The minimum absolute atomic E-state index is 0.316. The zero-order valence-corrected chi connectivity index (χ0v) is 16.4. The predicted octanol–water partition coefficient (Wildman–Crippen LogP) is 4.92. The van der Waals surface area contributed by atoms with Gasteiger partial charge < -0.3 is 18.9 Å². The molecule has 2 aromatic carbocycles. The summed E-state index contributed by atoms with van der Waals surface area (Å²) in [4.78, 5) is 22.6. The van der Waals surface area contributed by atoms with Crippen molar-refractivity contribution in [2.75, 3.05) is 14.2 Å². The number of methoxy groups -OCH3 is 2. The summed E-state index contributed by atoms with van der Waals surface area (Å²) in [6, 6.07) is 11.3. The fourth-order valence-corrected chi connectivity index (χ4v) is 2.73. The standard InChI is InChI=1S/C21H24O6/c1-13-11-15(7-9-17(13)26-19(22)24-5)21(3,4)16-8-10-18(14(2)12-16)27-20(23)25-6/h7-12H,1-6H3. The maximum Gasteiger partial charge on any atom is 0.513 e. The first-order valence-electron chi connectivity index (χ1n) is 8.43. The minimum atomic E-state index is -0.748. The number of hydrogen-bond acceptors (Lipinski definition) is 6. The van der Waals surface area contributed by atoms with Crippen molar-refractivity contribution in [3.8, 4) is 11.5 Å². The molecule has 0 aliphatic carbocycles. The Hall–Kier alpha value is -3.02. The Kier molecular flexibility index (Phi) is 6.10. The van der Waals surface area contributed by atoms with Crippen molar-refractivity contribution in [3.05, 3.63) is 58.7 Å². The normalized spacial score (nSPS) is 10.9. The van der Waals surface area contributed by atoms with E-state index in [-0.39, 0.29) is 5.41 Å². The van der Waals surface area contributed by atoms with Crippen LogP contribution in [0, 0.1) is 13.8 Å². The van der Waals surface area contributed by atoms with E-state index >= 15 is 0 Å². The molecule has 6 heteroatoms. The largest absolute Gasteiger partial charge is 0.513 e. The highest BCUT2D eigenvalue weighted by molar-refractivity contribution is 5.65. The molecule has 27 heavy (non-hydrogen) atoms. The Balaban J connectivity index is 2.32. The molecule has 6 nitrogen and oxygen atoms in total. The average Bonchev–Trinajstić information content (AvgIpc) is 2.64. The third-order valence-corrected chi connectivity index (χ3v) is 4.51. The predicted molar refractivity (Wildman–Crippen MR) is 101 cm³/mol. The minimum Gasteiger partial charge on any atom is -0.437 e. The second-order valence-electron chi connectivity index (χ2n) is 6.70. The molecule has 2 rings (SSSR count). The number of carbonyl (C=O) groups excluding carboxylic acids is 2. The van der Waals surface area contributed by atoms with Crippen molar-refractivity contribution in [1.82, 2.24) is 0 Å². The molecule has 0 aliphatic rings. The van der Waals surface area contributed by atoms with Crippen molar-refractivity contribution in [2.24, 2.45) is 0 Å². The van der Waals surface area contributed by atoms with E-state index in [9.17, 15) is 9.59 Å². The second-order valence-corrected chi connectivity index (χ2v) is 6.70. The van der Waals surface area contributed by atoms with Crippen LogP contribution in [-0.4, -0.2) is 26.5 Å². The highest BCUT2D eigenvalue weighted by Crippen LogP contribution is 2.36. The van der Waals surface area contributed by atoms with Gasteiger partial charge in [-0.05, 0) is 48.2 Å². The molecule has 0 saturated carbocycles. The van der Waals surface area contributed by atoms with Crippen molar-refractivity contribution in [1.29, 1.82) is 0 Å². The Labute approximate surface area is 159 Å². The fraction of sp³-hybridized carbons (Fsp3) is 0.333. The SMILES string of the molecule is COC(=O)Oc1ccc(C(C)(C)c2ccc(OC(=O)OC)c(C)c2)cc1C. The van der Waals surface area contributed by atoms with Gasteiger partial charge in [-0.2, -0.15) is 0 Å². The summed E-state index contributed by atoms with van der Waals surface area (Å²) in [5, 5.41) is 0. The van der Waals surface area contributed by atoms with Crippen molar-refractivity contribution in [3.63, 3.8) is 0 Å². The van der Waals surface area contributed by atoms with Crippen LogP contribution < -0.4 is 9.47 Å². The third-order valence-electron chi connectivity index (χ3n) is 4.51. The maximum atomic E-state index is 11.3. The molecule has 2 aromatic rings. The van der Waals surface area contributed by atoms with E-state index in [1.165, 1.54) is 14.2 Å². The quantitative estimate of drug-likeness (QED) is 0.560. The lowest BCUT2D eigenvalue weighted by Crippen LogP contribution is -2.20. The monoisotopic (exact) mass is 372 g/mol.